The maximum Gasteiger partial charge on any atom is 0.383 e. The first-order chi connectivity index (χ1) is 8.06. The molecule has 0 atom stereocenters. The highest BCUT2D eigenvalue weighted by molar-refractivity contribution is 7.88. The molecule has 1 aliphatic rings. The summed E-state index contributed by atoms with van der Waals surface area (Å²) >= 11 is 0. The third-order valence-corrected chi connectivity index (χ3v) is 3.86. The minimum Gasteiger partial charge on any atom is -0.335 e. The van der Waals surface area contributed by atoms with Crippen molar-refractivity contribution in [3.8, 4) is 0 Å². The highest BCUT2D eigenvalue weighted by Crippen LogP contribution is 2.26. The number of carbonyl (C=O) groups excluding carboxylic acids is 1. The van der Waals surface area contributed by atoms with Crippen molar-refractivity contribution in [2.24, 2.45) is 0 Å². The fourth-order valence-corrected chi connectivity index (χ4v) is 2.35. The minimum atomic E-state index is -4.73. The summed E-state index contributed by atoms with van der Waals surface area (Å²) in [5.74, 6) is -6.70. The predicted octanol–water partition coefficient (Wildman–Crippen LogP) is -0.00940. The molecule has 18 heavy (non-hydrogen) atoms. The summed E-state index contributed by atoms with van der Waals surface area (Å²) < 4.78 is 72.8. The van der Waals surface area contributed by atoms with E-state index in [0.717, 1.165) is 10.6 Å². The molecule has 0 aromatic heterocycles. The standard InChI is InChI=1S/C8H12F4N2O3S/c1-18(16,17)14-4-2-13(3-5-14)7(15)8(11,12)6(9)10/h6H,2-5H2,1H3. The van der Waals surface area contributed by atoms with Crippen LogP contribution in [0.4, 0.5) is 17.6 Å². The first-order valence-electron chi connectivity index (χ1n) is 4.97. The van der Waals surface area contributed by atoms with Gasteiger partial charge < -0.3 is 4.90 Å². The second-order valence-corrected chi connectivity index (χ2v) is 5.86. The molecule has 0 saturated carbocycles. The lowest BCUT2D eigenvalue weighted by atomic mass is 10.2. The average Bonchev–Trinajstić information content (AvgIpc) is 2.26. The third kappa shape index (κ3) is 3.10. The molecule has 106 valence electrons. The molecule has 0 N–H and O–H groups in total. The van der Waals surface area contributed by atoms with Crippen LogP contribution in [0.15, 0.2) is 0 Å². The highest BCUT2D eigenvalue weighted by Gasteiger charge is 2.51. The Labute approximate surface area is 101 Å². The van der Waals surface area contributed by atoms with Gasteiger partial charge in [0.05, 0.1) is 6.26 Å². The van der Waals surface area contributed by atoms with E-state index in [1.165, 1.54) is 0 Å². The van der Waals surface area contributed by atoms with E-state index in [9.17, 15) is 30.8 Å². The summed E-state index contributed by atoms with van der Waals surface area (Å²) in [6.07, 6.45) is -3.13. The van der Waals surface area contributed by atoms with E-state index in [-0.39, 0.29) is 26.2 Å². The zero-order valence-corrected chi connectivity index (χ0v) is 10.3. The summed E-state index contributed by atoms with van der Waals surface area (Å²) in [7, 11) is -3.47. The Balaban J connectivity index is 2.67. The minimum absolute atomic E-state index is 0.177. The van der Waals surface area contributed by atoms with Gasteiger partial charge in [-0.3, -0.25) is 4.79 Å². The molecule has 1 rings (SSSR count). The van der Waals surface area contributed by atoms with Gasteiger partial charge in [-0.05, 0) is 0 Å². The molecule has 0 spiro atoms. The van der Waals surface area contributed by atoms with E-state index in [1.54, 1.807) is 0 Å². The van der Waals surface area contributed by atoms with Gasteiger partial charge in [-0.1, -0.05) is 0 Å². The van der Waals surface area contributed by atoms with Gasteiger partial charge >= 0.3 is 12.3 Å². The Kier molecular flexibility index (Phi) is 4.21. The predicted molar refractivity (Wildman–Crippen MR) is 53.9 cm³/mol. The molecule has 0 radical (unpaired) electrons. The van der Waals surface area contributed by atoms with Gasteiger partial charge in [-0.25, -0.2) is 17.2 Å². The zero-order valence-electron chi connectivity index (χ0n) is 9.45. The molecule has 1 fully saturated rings. The Morgan fingerprint density at radius 1 is 1.17 bits per heavy atom. The molecule has 5 nitrogen and oxygen atoms in total. The van der Waals surface area contributed by atoms with Crippen LogP contribution in [0.3, 0.4) is 0 Å². The van der Waals surface area contributed by atoms with Gasteiger partial charge in [0, 0.05) is 26.2 Å². The van der Waals surface area contributed by atoms with E-state index >= 15 is 0 Å². The number of carbonyl (C=O) groups is 1. The molecule has 0 unspecified atom stereocenters. The number of piperazine rings is 1. The number of nitrogens with zero attached hydrogens (tertiary/aromatic N) is 2. The number of halogens is 4. The normalized spacial score (nSPS) is 19.3. The maximum atomic E-state index is 12.8. The van der Waals surface area contributed by atoms with Crippen LogP contribution in [-0.4, -0.2) is 68.3 Å². The lowest BCUT2D eigenvalue weighted by Gasteiger charge is -2.34. The van der Waals surface area contributed by atoms with E-state index in [2.05, 4.69) is 0 Å². The van der Waals surface area contributed by atoms with E-state index in [4.69, 9.17) is 0 Å². The van der Waals surface area contributed by atoms with Crippen molar-refractivity contribution in [2.75, 3.05) is 32.4 Å². The molecule has 1 aliphatic heterocycles. The molecule has 1 saturated heterocycles. The Hall–Kier alpha value is -0.900. The zero-order chi connectivity index (χ0) is 14.1. The Morgan fingerprint density at radius 2 is 1.61 bits per heavy atom. The topological polar surface area (TPSA) is 57.7 Å². The number of alkyl halides is 4. The van der Waals surface area contributed by atoms with Crippen molar-refractivity contribution in [3.63, 3.8) is 0 Å². The van der Waals surface area contributed by atoms with Crippen LogP contribution in [0.25, 0.3) is 0 Å². The smallest absolute Gasteiger partial charge is 0.335 e. The largest absolute Gasteiger partial charge is 0.383 e. The van der Waals surface area contributed by atoms with Crippen molar-refractivity contribution in [1.29, 1.82) is 0 Å². The second kappa shape index (κ2) is 5.00. The lowest BCUT2D eigenvalue weighted by Crippen LogP contribution is -2.55. The number of rotatable bonds is 3. The van der Waals surface area contributed by atoms with E-state index in [0.29, 0.717) is 4.90 Å². The lowest BCUT2D eigenvalue weighted by molar-refractivity contribution is -0.181. The molecule has 10 heteroatoms. The van der Waals surface area contributed by atoms with E-state index < -0.39 is 28.3 Å². The quantitative estimate of drug-likeness (QED) is 0.688. The van der Waals surface area contributed by atoms with Crippen LogP contribution in [0, 0.1) is 0 Å². The van der Waals surface area contributed by atoms with Gasteiger partial charge in [0.15, 0.2) is 0 Å². The first-order valence-corrected chi connectivity index (χ1v) is 6.82. The summed E-state index contributed by atoms with van der Waals surface area (Å²) in [5, 5.41) is 0. The summed E-state index contributed by atoms with van der Waals surface area (Å²) in [6, 6.07) is 0. The fourth-order valence-electron chi connectivity index (χ4n) is 1.53. The van der Waals surface area contributed by atoms with Crippen LogP contribution in [0.5, 0.6) is 0 Å². The summed E-state index contributed by atoms with van der Waals surface area (Å²) in [4.78, 5) is 11.7. The molecule has 1 amide bonds. The number of hydrogen-bond donors (Lipinski definition) is 0. The molecule has 0 aromatic carbocycles. The summed E-state index contributed by atoms with van der Waals surface area (Å²) in [6.45, 7) is -1.00. The molecular formula is C8H12F4N2O3S. The van der Waals surface area contributed by atoms with Crippen LogP contribution >= 0.6 is 0 Å². The third-order valence-electron chi connectivity index (χ3n) is 2.55. The van der Waals surface area contributed by atoms with Crippen LogP contribution in [0.1, 0.15) is 0 Å². The van der Waals surface area contributed by atoms with E-state index in [1.807, 2.05) is 0 Å². The summed E-state index contributed by atoms with van der Waals surface area (Å²) in [5.41, 5.74) is 0. The maximum absolute atomic E-state index is 12.8. The fraction of sp³-hybridized carbons (Fsp3) is 0.875. The number of sulfonamides is 1. The SMILES string of the molecule is CS(=O)(=O)N1CCN(C(=O)C(F)(F)C(F)F)CC1. The van der Waals surface area contributed by atoms with Gasteiger partial charge in [0.2, 0.25) is 10.0 Å². The molecule has 1 heterocycles. The van der Waals surface area contributed by atoms with Crippen LogP contribution < -0.4 is 0 Å². The Bertz CT molecular complexity index is 418. The number of amides is 1. The van der Waals surface area contributed by atoms with Crippen LogP contribution in [-0.2, 0) is 14.8 Å². The monoisotopic (exact) mass is 292 g/mol. The second-order valence-electron chi connectivity index (χ2n) is 3.88. The Morgan fingerprint density at radius 3 is 1.94 bits per heavy atom. The molecule has 0 aromatic rings. The van der Waals surface area contributed by atoms with Crippen molar-refractivity contribution in [1.82, 2.24) is 9.21 Å². The number of hydrogen-bond acceptors (Lipinski definition) is 3. The molecule has 0 bridgehead atoms. The van der Waals surface area contributed by atoms with Crippen molar-refractivity contribution in [2.45, 2.75) is 12.3 Å². The van der Waals surface area contributed by atoms with Gasteiger partial charge in [0.1, 0.15) is 0 Å². The molecular weight excluding hydrogens is 280 g/mol. The van der Waals surface area contributed by atoms with Gasteiger partial charge in [-0.15, -0.1) is 0 Å². The van der Waals surface area contributed by atoms with Crippen molar-refractivity contribution < 1.29 is 30.8 Å². The van der Waals surface area contributed by atoms with Crippen molar-refractivity contribution in [3.05, 3.63) is 0 Å². The first kappa shape index (κ1) is 15.2. The van der Waals surface area contributed by atoms with Gasteiger partial charge in [0.25, 0.3) is 5.91 Å². The van der Waals surface area contributed by atoms with Crippen LogP contribution in [0.2, 0.25) is 0 Å². The highest BCUT2D eigenvalue weighted by atomic mass is 32.2. The average molecular weight is 292 g/mol. The van der Waals surface area contributed by atoms with Crippen molar-refractivity contribution >= 4 is 15.9 Å². The molecule has 0 aliphatic carbocycles. The van der Waals surface area contributed by atoms with Gasteiger partial charge in [-0.2, -0.15) is 13.1 Å².